The van der Waals surface area contributed by atoms with E-state index in [4.69, 9.17) is 5.73 Å². The molecular weight excluding hydrogens is 162 g/mol. The lowest BCUT2D eigenvalue weighted by Gasteiger charge is -1.96. The molecule has 0 spiro atoms. The number of rotatable bonds is 3. The van der Waals surface area contributed by atoms with Crippen LogP contribution in [0.25, 0.3) is 0 Å². The maximum Gasteiger partial charge on any atom is 0.109 e. The van der Waals surface area contributed by atoms with E-state index in [0.29, 0.717) is 18.4 Å². The molecule has 1 aliphatic carbocycles. The van der Waals surface area contributed by atoms with Crippen LogP contribution in [0.2, 0.25) is 0 Å². The van der Waals surface area contributed by atoms with Crippen molar-refractivity contribution in [2.45, 2.75) is 45.1 Å². The molecule has 1 aromatic rings. The van der Waals surface area contributed by atoms with Gasteiger partial charge in [0.15, 0.2) is 0 Å². The molecule has 3 N–H and O–H groups in total. The third-order valence-electron chi connectivity index (χ3n) is 2.54. The van der Waals surface area contributed by atoms with Crippen LogP contribution in [0.5, 0.6) is 0 Å². The molecule has 1 heterocycles. The van der Waals surface area contributed by atoms with Crippen LogP contribution in [0.3, 0.4) is 0 Å². The molecule has 0 radical (unpaired) electrons. The highest BCUT2D eigenvalue weighted by atomic mass is 15.0. The summed E-state index contributed by atoms with van der Waals surface area (Å²) in [6, 6.07) is 0. The molecule has 13 heavy (non-hydrogen) atoms. The van der Waals surface area contributed by atoms with Crippen LogP contribution in [-0.4, -0.2) is 9.97 Å². The topological polar surface area (TPSA) is 54.7 Å². The van der Waals surface area contributed by atoms with Gasteiger partial charge >= 0.3 is 0 Å². The Balaban J connectivity index is 2.31. The van der Waals surface area contributed by atoms with Gasteiger partial charge in [-0.2, -0.15) is 0 Å². The molecule has 72 valence electrons. The van der Waals surface area contributed by atoms with Crippen molar-refractivity contribution in [1.29, 1.82) is 0 Å². The quantitative estimate of drug-likeness (QED) is 0.744. The number of hydrogen-bond donors (Lipinski definition) is 2. The highest BCUT2D eigenvalue weighted by Gasteiger charge is 2.29. The lowest BCUT2D eigenvalue weighted by atomic mass is 10.2. The predicted molar refractivity (Wildman–Crippen MR) is 52.5 cm³/mol. The summed E-state index contributed by atoms with van der Waals surface area (Å²) in [5, 5.41) is 0. The maximum absolute atomic E-state index is 5.66. The molecular formula is C10H17N3. The minimum atomic E-state index is 0.470. The largest absolute Gasteiger partial charge is 0.344 e. The van der Waals surface area contributed by atoms with Gasteiger partial charge in [-0.3, -0.25) is 0 Å². The van der Waals surface area contributed by atoms with Gasteiger partial charge in [-0.25, -0.2) is 4.98 Å². The summed E-state index contributed by atoms with van der Waals surface area (Å²) in [6.07, 6.45) is 2.57. The summed E-state index contributed by atoms with van der Waals surface area (Å²) in [4.78, 5) is 7.92. The molecule has 0 bridgehead atoms. The standard InChI is InChI=1S/C10H17N3/c1-6(2)10-12-8(5-11)9(13-10)7-3-4-7/h6-7H,3-5,11H2,1-2H3,(H,12,13). The van der Waals surface area contributed by atoms with Crippen molar-refractivity contribution in [2.75, 3.05) is 0 Å². The molecule has 0 aromatic carbocycles. The van der Waals surface area contributed by atoms with Crippen molar-refractivity contribution >= 4 is 0 Å². The zero-order valence-corrected chi connectivity index (χ0v) is 8.30. The number of imidazole rings is 1. The average molecular weight is 179 g/mol. The van der Waals surface area contributed by atoms with Crippen molar-refractivity contribution in [1.82, 2.24) is 9.97 Å². The number of nitrogens with two attached hydrogens (primary N) is 1. The SMILES string of the molecule is CC(C)c1nc(C2CC2)c(CN)[nH]1. The van der Waals surface area contributed by atoms with Gasteiger partial charge in [0.2, 0.25) is 0 Å². The molecule has 0 saturated heterocycles. The van der Waals surface area contributed by atoms with Gasteiger partial charge in [0.05, 0.1) is 11.4 Å². The van der Waals surface area contributed by atoms with Crippen LogP contribution >= 0.6 is 0 Å². The number of aromatic amines is 1. The Hall–Kier alpha value is -0.830. The second kappa shape index (κ2) is 3.14. The van der Waals surface area contributed by atoms with E-state index < -0.39 is 0 Å². The van der Waals surface area contributed by atoms with E-state index in [-0.39, 0.29) is 0 Å². The minimum absolute atomic E-state index is 0.470. The van der Waals surface area contributed by atoms with Crippen LogP contribution in [0.15, 0.2) is 0 Å². The van der Waals surface area contributed by atoms with Gasteiger partial charge in [-0.1, -0.05) is 13.8 Å². The van der Waals surface area contributed by atoms with Crippen molar-refractivity contribution in [2.24, 2.45) is 5.73 Å². The van der Waals surface area contributed by atoms with Crippen LogP contribution in [0, 0.1) is 0 Å². The van der Waals surface area contributed by atoms with Crippen LogP contribution in [0.1, 0.15) is 55.7 Å². The van der Waals surface area contributed by atoms with E-state index in [1.807, 2.05) is 0 Å². The molecule has 1 aromatic heterocycles. The van der Waals surface area contributed by atoms with Gasteiger partial charge in [-0.05, 0) is 12.8 Å². The summed E-state index contributed by atoms with van der Waals surface area (Å²) < 4.78 is 0. The first kappa shape index (κ1) is 8.75. The fraction of sp³-hybridized carbons (Fsp3) is 0.700. The monoisotopic (exact) mass is 179 g/mol. The minimum Gasteiger partial charge on any atom is -0.344 e. The molecule has 0 atom stereocenters. The summed E-state index contributed by atoms with van der Waals surface area (Å²) in [7, 11) is 0. The lowest BCUT2D eigenvalue weighted by Crippen LogP contribution is -2.00. The first-order valence-corrected chi connectivity index (χ1v) is 5.01. The average Bonchev–Trinajstić information content (AvgIpc) is 2.84. The van der Waals surface area contributed by atoms with E-state index in [1.54, 1.807) is 0 Å². The van der Waals surface area contributed by atoms with Gasteiger partial charge in [0.1, 0.15) is 5.82 Å². The van der Waals surface area contributed by atoms with Crippen molar-refractivity contribution in [3.63, 3.8) is 0 Å². The summed E-state index contributed by atoms with van der Waals surface area (Å²) in [5.74, 6) is 2.25. The molecule has 0 unspecified atom stereocenters. The summed E-state index contributed by atoms with van der Waals surface area (Å²) in [5.41, 5.74) is 8.03. The highest BCUT2D eigenvalue weighted by Crippen LogP contribution is 2.40. The molecule has 0 amide bonds. The Kier molecular flexibility index (Phi) is 2.12. The van der Waals surface area contributed by atoms with E-state index in [9.17, 15) is 0 Å². The third-order valence-corrected chi connectivity index (χ3v) is 2.54. The maximum atomic E-state index is 5.66. The number of nitrogens with zero attached hydrogens (tertiary/aromatic N) is 1. The molecule has 1 saturated carbocycles. The van der Waals surface area contributed by atoms with Crippen molar-refractivity contribution < 1.29 is 0 Å². The van der Waals surface area contributed by atoms with Gasteiger partial charge in [-0.15, -0.1) is 0 Å². The molecule has 2 rings (SSSR count). The lowest BCUT2D eigenvalue weighted by molar-refractivity contribution is 0.785. The Labute approximate surface area is 78.7 Å². The predicted octanol–water partition coefficient (Wildman–Crippen LogP) is 1.87. The first-order valence-electron chi connectivity index (χ1n) is 5.01. The van der Waals surface area contributed by atoms with Crippen LogP contribution in [0.4, 0.5) is 0 Å². The van der Waals surface area contributed by atoms with E-state index in [0.717, 1.165) is 11.5 Å². The Bertz CT molecular complexity index is 297. The molecule has 3 nitrogen and oxygen atoms in total. The van der Waals surface area contributed by atoms with Crippen LogP contribution < -0.4 is 5.73 Å². The number of H-pyrrole nitrogens is 1. The van der Waals surface area contributed by atoms with Gasteiger partial charge < -0.3 is 10.7 Å². The fourth-order valence-corrected chi connectivity index (χ4v) is 1.57. The molecule has 1 fully saturated rings. The summed E-state index contributed by atoms with van der Waals surface area (Å²) in [6.45, 7) is 4.89. The molecule has 0 aliphatic heterocycles. The molecule has 1 aliphatic rings. The Morgan fingerprint density at radius 2 is 2.23 bits per heavy atom. The highest BCUT2D eigenvalue weighted by molar-refractivity contribution is 5.23. The second-order valence-corrected chi connectivity index (χ2v) is 4.12. The summed E-state index contributed by atoms with van der Waals surface area (Å²) >= 11 is 0. The number of nitrogens with one attached hydrogen (secondary N) is 1. The smallest absolute Gasteiger partial charge is 0.109 e. The van der Waals surface area contributed by atoms with Crippen LogP contribution in [-0.2, 0) is 6.54 Å². The van der Waals surface area contributed by atoms with E-state index in [1.165, 1.54) is 18.5 Å². The normalized spacial score (nSPS) is 16.9. The Morgan fingerprint density at radius 3 is 2.69 bits per heavy atom. The second-order valence-electron chi connectivity index (χ2n) is 4.12. The number of aromatic nitrogens is 2. The van der Waals surface area contributed by atoms with Gasteiger partial charge in [0, 0.05) is 18.4 Å². The molecule has 3 heteroatoms. The van der Waals surface area contributed by atoms with Crippen molar-refractivity contribution in [3.05, 3.63) is 17.2 Å². The fourth-order valence-electron chi connectivity index (χ4n) is 1.57. The first-order chi connectivity index (χ1) is 6.22. The zero-order valence-electron chi connectivity index (χ0n) is 8.30. The van der Waals surface area contributed by atoms with Gasteiger partial charge in [0.25, 0.3) is 0 Å². The Morgan fingerprint density at radius 1 is 1.54 bits per heavy atom. The third kappa shape index (κ3) is 1.61. The van der Waals surface area contributed by atoms with E-state index in [2.05, 4.69) is 23.8 Å². The van der Waals surface area contributed by atoms with Crippen molar-refractivity contribution in [3.8, 4) is 0 Å². The zero-order chi connectivity index (χ0) is 9.42. The van der Waals surface area contributed by atoms with E-state index >= 15 is 0 Å². The number of hydrogen-bond acceptors (Lipinski definition) is 2.